The Morgan fingerprint density at radius 3 is 0.585 bits per heavy atom. The summed E-state index contributed by atoms with van der Waals surface area (Å²) in [5.41, 5.74) is 0. The van der Waals surface area contributed by atoms with Crippen molar-refractivity contribution in [2.24, 2.45) is 0 Å². The van der Waals surface area contributed by atoms with Crippen LogP contribution in [-0.2, 0) is 38.1 Å². The minimum Gasteiger partial charge on any atom is -0.428 e. The quantitative estimate of drug-likeness (QED) is 0.0345. The second kappa shape index (κ2) is 42.6. The first-order valence-electron chi connectivity index (χ1n) is 22.6. The molecule has 0 aromatic heterocycles. The zero-order valence-corrected chi connectivity index (χ0v) is 34.8. The van der Waals surface area contributed by atoms with Crippen molar-refractivity contribution in [1.82, 2.24) is 0 Å². The van der Waals surface area contributed by atoms with E-state index >= 15 is 0 Å². The molecule has 312 valence electrons. The fraction of sp³-hybridized carbons (Fsp3) is 0.911. The molecule has 0 aliphatic heterocycles. The molecular weight excluding hydrogens is 668 g/mol. The summed E-state index contributed by atoms with van der Waals surface area (Å²) in [7, 11) is 0. The van der Waals surface area contributed by atoms with Gasteiger partial charge in [-0.2, -0.15) is 0 Å². The van der Waals surface area contributed by atoms with Crippen LogP contribution < -0.4 is 0 Å². The molecule has 0 bridgehead atoms. The summed E-state index contributed by atoms with van der Waals surface area (Å²) in [5, 5.41) is 0. The maximum absolute atomic E-state index is 11.9. The third kappa shape index (κ3) is 42.5. The second-order valence-corrected chi connectivity index (χ2v) is 15.3. The van der Waals surface area contributed by atoms with Gasteiger partial charge in [0.1, 0.15) is 0 Å². The summed E-state index contributed by atoms with van der Waals surface area (Å²) in [4.78, 5) is 47.6. The lowest BCUT2D eigenvalue weighted by molar-refractivity contribution is -0.168. The Hall–Kier alpha value is -2.12. The molecule has 0 saturated carbocycles. The molecule has 8 heteroatoms. The maximum atomic E-state index is 11.9. The molecule has 0 radical (unpaired) electrons. The predicted octanol–water partition coefficient (Wildman–Crippen LogP) is 13.5. The van der Waals surface area contributed by atoms with Crippen molar-refractivity contribution in [2.75, 3.05) is 13.6 Å². The van der Waals surface area contributed by atoms with E-state index < -0.39 is 11.9 Å². The highest BCUT2D eigenvalue weighted by Crippen LogP contribution is 2.16. The molecule has 0 heterocycles. The molecule has 0 aliphatic rings. The SMILES string of the molecule is CCCCCCCCCCCCCCCCCC(=O)OCOC(=O)CCCCCC(=O)OCOC(=O)CCCCCCCCCCCCCCCCC. The minimum absolute atomic E-state index is 0.197. The lowest BCUT2D eigenvalue weighted by Gasteiger charge is -2.07. The summed E-state index contributed by atoms with van der Waals surface area (Å²) in [6.07, 6.45) is 41.2. The monoisotopic (exact) mass is 753 g/mol. The fourth-order valence-electron chi connectivity index (χ4n) is 6.61. The molecule has 0 saturated heterocycles. The Kier molecular flexibility index (Phi) is 40.9. The van der Waals surface area contributed by atoms with E-state index in [-0.39, 0.29) is 38.4 Å². The largest absolute Gasteiger partial charge is 0.428 e. The third-order valence-corrected chi connectivity index (χ3v) is 10.1. The summed E-state index contributed by atoms with van der Waals surface area (Å²) in [6, 6.07) is 0. The molecule has 0 amide bonds. The molecule has 0 spiro atoms. The summed E-state index contributed by atoms with van der Waals surface area (Å²) >= 11 is 0. The van der Waals surface area contributed by atoms with Crippen LogP contribution in [0.1, 0.15) is 251 Å². The Balaban J connectivity index is 3.42. The summed E-state index contributed by atoms with van der Waals surface area (Å²) in [6.45, 7) is 3.83. The van der Waals surface area contributed by atoms with Crippen LogP contribution in [0.25, 0.3) is 0 Å². The standard InChI is InChI=1S/C45H84O8/c1-3-5-7-9-11-13-15-17-19-21-23-25-27-29-32-36-42(46)50-40-52-44(48)38-34-31-35-39-45(49)53-41-51-43(47)37-33-30-28-26-24-22-20-18-16-14-12-10-8-6-4-2/h3-41H2,1-2H3. The second-order valence-electron chi connectivity index (χ2n) is 15.3. The molecule has 0 rings (SSSR count). The Labute approximate surface area is 326 Å². The van der Waals surface area contributed by atoms with Crippen LogP contribution in [0.5, 0.6) is 0 Å². The molecule has 0 fully saturated rings. The normalized spacial score (nSPS) is 11.1. The van der Waals surface area contributed by atoms with Crippen LogP contribution in [-0.4, -0.2) is 37.5 Å². The van der Waals surface area contributed by atoms with Gasteiger partial charge >= 0.3 is 23.9 Å². The average molecular weight is 753 g/mol. The van der Waals surface area contributed by atoms with Crippen LogP contribution in [0.2, 0.25) is 0 Å². The van der Waals surface area contributed by atoms with Gasteiger partial charge in [0, 0.05) is 25.7 Å². The number of unbranched alkanes of at least 4 members (excludes halogenated alkanes) is 30. The number of ether oxygens (including phenoxy) is 4. The van der Waals surface area contributed by atoms with E-state index in [1.54, 1.807) is 0 Å². The molecule has 0 N–H and O–H groups in total. The smallest absolute Gasteiger partial charge is 0.308 e. The zero-order valence-electron chi connectivity index (χ0n) is 34.8. The number of carbonyl (C=O) groups excluding carboxylic acids is 4. The first-order valence-corrected chi connectivity index (χ1v) is 22.6. The van der Waals surface area contributed by atoms with E-state index in [9.17, 15) is 19.2 Å². The first kappa shape index (κ1) is 50.9. The Morgan fingerprint density at radius 1 is 0.245 bits per heavy atom. The van der Waals surface area contributed by atoms with Crippen molar-refractivity contribution >= 4 is 23.9 Å². The lowest BCUT2D eigenvalue weighted by Crippen LogP contribution is -2.13. The molecular formula is C45H84O8. The van der Waals surface area contributed by atoms with Gasteiger partial charge in [-0.1, -0.05) is 200 Å². The van der Waals surface area contributed by atoms with Gasteiger partial charge < -0.3 is 18.9 Å². The van der Waals surface area contributed by atoms with Gasteiger partial charge in [0.05, 0.1) is 0 Å². The highest BCUT2D eigenvalue weighted by Gasteiger charge is 2.09. The van der Waals surface area contributed by atoms with Gasteiger partial charge in [-0.3, -0.25) is 19.2 Å². The van der Waals surface area contributed by atoms with E-state index in [1.807, 2.05) is 0 Å². The van der Waals surface area contributed by atoms with Gasteiger partial charge in [0.25, 0.3) is 0 Å². The highest BCUT2D eigenvalue weighted by molar-refractivity contribution is 5.71. The van der Waals surface area contributed by atoms with Crippen LogP contribution >= 0.6 is 0 Å². The molecule has 0 aromatic carbocycles. The van der Waals surface area contributed by atoms with Gasteiger partial charge in [-0.05, 0) is 25.7 Å². The Morgan fingerprint density at radius 2 is 0.396 bits per heavy atom. The van der Waals surface area contributed by atoms with Gasteiger partial charge in [-0.15, -0.1) is 0 Å². The minimum atomic E-state index is -0.423. The molecule has 8 nitrogen and oxygen atoms in total. The van der Waals surface area contributed by atoms with Gasteiger partial charge in [-0.25, -0.2) is 0 Å². The van der Waals surface area contributed by atoms with Crippen LogP contribution in [0.15, 0.2) is 0 Å². The van der Waals surface area contributed by atoms with E-state index in [4.69, 9.17) is 18.9 Å². The molecule has 0 aliphatic carbocycles. The van der Waals surface area contributed by atoms with E-state index in [0.717, 1.165) is 38.5 Å². The highest BCUT2D eigenvalue weighted by atomic mass is 16.7. The first-order chi connectivity index (χ1) is 26.0. The van der Waals surface area contributed by atoms with Crippen LogP contribution in [0, 0.1) is 0 Å². The van der Waals surface area contributed by atoms with E-state index in [2.05, 4.69) is 13.8 Å². The van der Waals surface area contributed by atoms with Gasteiger partial charge in [0.15, 0.2) is 0 Å². The number of rotatable bonds is 42. The topological polar surface area (TPSA) is 105 Å². The lowest BCUT2D eigenvalue weighted by atomic mass is 10.0. The fourth-order valence-corrected chi connectivity index (χ4v) is 6.61. The predicted molar refractivity (Wildman–Crippen MR) is 216 cm³/mol. The molecule has 0 atom stereocenters. The van der Waals surface area contributed by atoms with Crippen molar-refractivity contribution in [2.45, 2.75) is 251 Å². The molecule has 0 aromatic rings. The number of hydrogen-bond acceptors (Lipinski definition) is 8. The summed E-state index contributed by atoms with van der Waals surface area (Å²) < 4.78 is 20.1. The molecule has 0 unspecified atom stereocenters. The Bertz CT molecular complexity index is 763. The van der Waals surface area contributed by atoms with Crippen molar-refractivity contribution in [3.63, 3.8) is 0 Å². The number of carbonyl (C=O) groups is 4. The molecule has 53 heavy (non-hydrogen) atoms. The van der Waals surface area contributed by atoms with Crippen molar-refractivity contribution in [3.8, 4) is 0 Å². The van der Waals surface area contributed by atoms with Crippen LogP contribution in [0.4, 0.5) is 0 Å². The van der Waals surface area contributed by atoms with Crippen LogP contribution in [0.3, 0.4) is 0 Å². The third-order valence-electron chi connectivity index (χ3n) is 10.1. The van der Waals surface area contributed by atoms with Gasteiger partial charge in [0.2, 0.25) is 13.6 Å². The summed E-state index contributed by atoms with van der Waals surface area (Å²) in [5.74, 6) is -1.51. The average Bonchev–Trinajstić information content (AvgIpc) is 3.14. The maximum Gasteiger partial charge on any atom is 0.308 e. The van der Waals surface area contributed by atoms with Crippen molar-refractivity contribution in [3.05, 3.63) is 0 Å². The number of hydrogen-bond donors (Lipinski definition) is 0. The van der Waals surface area contributed by atoms with Crippen molar-refractivity contribution in [1.29, 1.82) is 0 Å². The van der Waals surface area contributed by atoms with Crippen molar-refractivity contribution < 1.29 is 38.1 Å². The number of esters is 4. The van der Waals surface area contributed by atoms with E-state index in [1.165, 1.54) is 154 Å². The zero-order chi connectivity index (χ0) is 38.7. The van der Waals surface area contributed by atoms with E-state index in [0.29, 0.717) is 32.1 Å².